The van der Waals surface area contributed by atoms with Gasteiger partial charge >= 0.3 is 0 Å². The van der Waals surface area contributed by atoms with E-state index in [2.05, 4.69) is 10.6 Å². The molecule has 0 fully saturated rings. The van der Waals surface area contributed by atoms with E-state index in [-0.39, 0.29) is 12.5 Å². The van der Waals surface area contributed by atoms with Gasteiger partial charge in [0, 0.05) is 12.1 Å². The third kappa shape index (κ3) is 4.08. The molecule has 0 saturated heterocycles. The van der Waals surface area contributed by atoms with Crippen molar-refractivity contribution in [3.8, 4) is 11.5 Å². The van der Waals surface area contributed by atoms with Crippen molar-refractivity contribution in [3.63, 3.8) is 0 Å². The predicted octanol–water partition coefficient (Wildman–Crippen LogP) is 2.68. The van der Waals surface area contributed by atoms with Crippen molar-refractivity contribution < 1.29 is 18.7 Å². The van der Waals surface area contributed by atoms with Gasteiger partial charge in [-0.2, -0.15) is 0 Å². The molecule has 22 heavy (non-hydrogen) atoms. The van der Waals surface area contributed by atoms with Crippen LogP contribution < -0.4 is 20.1 Å². The summed E-state index contributed by atoms with van der Waals surface area (Å²) in [6.07, 6.45) is 1.56. The van der Waals surface area contributed by atoms with Crippen LogP contribution in [-0.4, -0.2) is 26.7 Å². The standard InChI is InChI=1S/C15H17ClN2O4/c1-20-13-7-12(14(21-2)6-11(13)16)17-9-15(19)18-8-10-4-3-5-22-10/h3-7,17H,8-9H2,1-2H3,(H,18,19). The summed E-state index contributed by atoms with van der Waals surface area (Å²) < 4.78 is 15.5. The molecule has 0 unspecified atom stereocenters. The number of furan rings is 1. The molecule has 0 aliphatic rings. The van der Waals surface area contributed by atoms with Crippen LogP contribution in [0.15, 0.2) is 34.9 Å². The van der Waals surface area contributed by atoms with Gasteiger partial charge in [-0.25, -0.2) is 0 Å². The maximum absolute atomic E-state index is 11.8. The number of nitrogens with one attached hydrogen (secondary N) is 2. The van der Waals surface area contributed by atoms with Crippen LogP contribution in [0, 0.1) is 0 Å². The molecule has 2 N–H and O–H groups in total. The molecule has 1 heterocycles. The normalized spacial score (nSPS) is 10.1. The molecule has 1 aromatic carbocycles. The number of anilines is 1. The largest absolute Gasteiger partial charge is 0.495 e. The zero-order valence-corrected chi connectivity index (χ0v) is 13.1. The van der Waals surface area contributed by atoms with Crippen molar-refractivity contribution in [1.82, 2.24) is 5.32 Å². The summed E-state index contributed by atoms with van der Waals surface area (Å²) in [4.78, 5) is 11.8. The molecule has 6 nitrogen and oxygen atoms in total. The molecular weight excluding hydrogens is 308 g/mol. The number of ether oxygens (including phenoxy) is 2. The first kappa shape index (κ1) is 16.0. The van der Waals surface area contributed by atoms with Crippen LogP contribution in [0.4, 0.5) is 5.69 Å². The van der Waals surface area contributed by atoms with Gasteiger partial charge in [0.05, 0.1) is 44.3 Å². The summed E-state index contributed by atoms with van der Waals surface area (Å²) >= 11 is 6.03. The van der Waals surface area contributed by atoms with Crippen molar-refractivity contribution in [2.24, 2.45) is 0 Å². The van der Waals surface area contributed by atoms with E-state index in [0.29, 0.717) is 34.5 Å². The Morgan fingerprint density at radius 3 is 2.68 bits per heavy atom. The summed E-state index contributed by atoms with van der Waals surface area (Å²) in [5.41, 5.74) is 0.622. The minimum absolute atomic E-state index is 0.0852. The molecule has 0 radical (unpaired) electrons. The highest BCUT2D eigenvalue weighted by molar-refractivity contribution is 6.32. The molecule has 2 aromatic rings. The van der Waals surface area contributed by atoms with Gasteiger partial charge in [-0.05, 0) is 12.1 Å². The Bertz CT molecular complexity index is 629. The molecule has 2 rings (SSSR count). The molecule has 1 aromatic heterocycles. The van der Waals surface area contributed by atoms with E-state index in [1.807, 2.05) is 0 Å². The van der Waals surface area contributed by atoms with Gasteiger partial charge < -0.3 is 24.5 Å². The fourth-order valence-electron chi connectivity index (χ4n) is 1.84. The average molecular weight is 325 g/mol. The van der Waals surface area contributed by atoms with Gasteiger partial charge in [0.25, 0.3) is 0 Å². The van der Waals surface area contributed by atoms with Crippen LogP contribution in [0.5, 0.6) is 11.5 Å². The molecule has 0 saturated carbocycles. The second-order valence-electron chi connectivity index (χ2n) is 4.40. The third-order valence-corrected chi connectivity index (χ3v) is 3.25. The first-order chi connectivity index (χ1) is 10.6. The lowest BCUT2D eigenvalue weighted by Gasteiger charge is -2.13. The number of halogens is 1. The summed E-state index contributed by atoms with van der Waals surface area (Å²) in [5, 5.41) is 6.17. The third-order valence-electron chi connectivity index (χ3n) is 2.95. The van der Waals surface area contributed by atoms with Crippen LogP contribution in [0.1, 0.15) is 5.76 Å². The fraction of sp³-hybridized carbons (Fsp3) is 0.267. The molecule has 0 spiro atoms. The number of rotatable bonds is 7. The van der Waals surface area contributed by atoms with Crippen LogP contribution in [0.25, 0.3) is 0 Å². The summed E-state index contributed by atoms with van der Waals surface area (Å²) in [7, 11) is 3.05. The lowest BCUT2D eigenvalue weighted by molar-refractivity contribution is -0.119. The number of carbonyl (C=O) groups is 1. The van der Waals surface area contributed by atoms with Gasteiger partial charge in [0.1, 0.15) is 17.3 Å². The predicted molar refractivity (Wildman–Crippen MR) is 83.6 cm³/mol. The van der Waals surface area contributed by atoms with Gasteiger partial charge in [-0.1, -0.05) is 11.6 Å². The Morgan fingerprint density at radius 2 is 2.05 bits per heavy atom. The van der Waals surface area contributed by atoms with Gasteiger partial charge in [0.2, 0.25) is 5.91 Å². The molecule has 0 bridgehead atoms. The number of amides is 1. The number of benzene rings is 1. The molecule has 7 heteroatoms. The van der Waals surface area contributed by atoms with Gasteiger partial charge in [-0.3, -0.25) is 4.79 Å². The molecular formula is C15H17ClN2O4. The van der Waals surface area contributed by atoms with E-state index in [0.717, 1.165) is 0 Å². The highest BCUT2D eigenvalue weighted by Gasteiger charge is 2.11. The van der Waals surface area contributed by atoms with Crippen LogP contribution >= 0.6 is 11.6 Å². The maximum Gasteiger partial charge on any atom is 0.239 e. The second-order valence-corrected chi connectivity index (χ2v) is 4.80. The smallest absolute Gasteiger partial charge is 0.239 e. The molecule has 0 atom stereocenters. The fourth-order valence-corrected chi connectivity index (χ4v) is 2.07. The van der Waals surface area contributed by atoms with Crippen LogP contribution in [-0.2, 0) is 11.3 Å². The minimum atomic E-state index is -0.174. The van der Waals surface area contributed by atoms with Crippen molar-refractivity contribution >= 4 is 23.2 Å². The van der Waals surface area contributed by atoms with E-state index in [1.54, 1.807) is 30.5 Å². The van der Waals surface area contributed by atoms with E-state index in [1.165, 1.54) is 14.2 Å². The van der Waals surface area contributed by atoms with E-state index >= 15 is 0 Å². The van der Waals surface area contributed by atoms with E-state index in [9.17, 15) is 4.79 Å². The Labute approximate surface area is 133 Å². The number of methoxy groups -OCH3 is 2. The maximum atomic E-state index is 11.8. The second kappa shape index (κ2) is 7.61. The Morgan fingerprint density at radius 1 is 1.27 bits per heavy atom. The zero-order chi connectivity index (χ0) is 15.9. The quantitative estimate of drug-likeness (QED) is 0.819. The highest BCUT2D eigenvalue weighted by Crippen LogP contribution is 2.35. The average Bonchev–Trinajstić information content (AvgIpc) is 3.04. The highest BCUT2D eigenvalue weighted by atomic mass is 35.5. The van der Waals surface area contributed by atoms with Crippen LogP contribution in [0.2, 0.25) is 5.02 Å². The zero-order valence-electron chi connectivity index (χ0n) is 12.3. The Kier molecular flexibility index (Phi) is 5.55. The first-order valence-corrected chi connectivity index (χ1v) is 6.96. The topological polar surface area (TPSA) is 72.7 Å². The summed E-state index contributed by atoms with van der Waals surface area (Å²) in [6.45, 7) is 0.427. The Balaban J connectivity index is 1.93. The van der Waals surface area contributed by atoms with Crippen molar-refractivity contribution in [1.29, 1.82) is 0 Å². The van der Waals surface area contributed by atoms with E-state index in [4.69, 9.17) is 25.5 Å². The SMILES string of the molecule is COc1cc(NCC(=O)NCc2ccco2)c(OC)cc1Cl. The minimum Gasteiger partial charge on any atom is -0.495 e. The Hall–Kier alpha value is -2.34. The molecule has 0 aliphatic carbocycles. The first-order valence-electron chi connectivity index (χ1n) is 6.58. The molecule has 0 aliphatic heterocycles. The van der Waals surface area contributed by atoms with Crippen molar-refractivity contribution in [2.75, 3.05) is 26.1 Å². The van der Waals surface area contributed by atoms with Crippen molar-refractivity contribution in [2.45, 2.75) is 6.54 Å². The van der Waals surface area contributed by atoms with E-state index < -0.39 is 0 Å². The number of carbonyl (C=O) groups excluding carboxylic acids is 1. The number of hydrogen-bond donors (Lipinski definition) is 2. The lowest BCUT2D eigenvalue weighted by atomic mass is 10.2. The summed E-state index contributed by atoms with van der Waals surface area (Å²) in [6, 6.07) is 6.87. The van der Waals surface area contributed by atoms with Gasteiger partial charge in [-0.15, -0.1) is 0 Å². The van der Waals surface area contributed by atoms with Crippen molar-refractivity contribution in [3.05, 3.63) is 41.3 Å². The molecule has 1 amide bonds. The summed E-state index contributed by atoms with van der Waals surface area (Å²) in [5.74, 6) is 1.55. The van der Waals surface area contributed by atoms with Crippen LogP contribution in [0.3, 0.4) is 0 Å². The number of hydrogen-bond acceptors (Lipinski definition) is 5. The monoisotopic (exact) mass is 324 g/mol. The van der Waals surface area contributed by atoms with Gasteiger partial charge in [0.15, 0.2) is 0 Å². The molecule has 118 valence electrons. The lowest BCUT2D eigenvalue weighted by Crippen LogP contribution is -2.29.